The molecule has 0 bridgehead atoms. The fraction of sp³-hybridized carbons (Fsp3) is 0.200. The van der Waals surface area contributed by atoms with E-state index >= 15 is 0 Å². The van der Waals surface area contributed by atoms with Crippen LogP contribution >= 0.6 is 11.3 Å². The Morgan fingerprint density at radius 3 is 2.56 bits per heavy atom. The molecular weight excluding hydrogens is 367 g/mol. The van der Waals surface area contributed by atoms with Crippen molar-refractivity contribution in [3.05, 3.63) is 59.4 Å². The highest BCUT2D eigenvalue weighted by atomic mass is 32.1. The quantitative estimate of drug-likeness (QED) is 0.621. The Labute approximate surface area is 160 Å². The Bertz CT molecular complexity index is 925. The molecule has 0 aliphatic heterocycles. The van der Waals surface area contributed by atoms with Gasteiger partial charge in [-0.3, -0.25) is 4.79 Å². The summed E-state index contributed by atoms with van der Waals surface area (Å²) in [5.74, 6) is 0.532. The summed E-state index contributed by atoms with van der Waals surface area (Å²) in [7, 11) is 0. The predicted octanol–water partition coefficient (Wildman–Crippen LogP) is 5.00. The number of halogens is 1. The summed E-state index contributed by atoms with van der Waals surface area (Å²) in [6, 6.07) is 11.3. The van der Waals surface area contributed by atoms with Gasteiger partial charge in [0.1, 0.15) is 28.0 Å². The molecule has 0 spiro atoms. The molecule has 5 nitrogen and oxygen atoms in total. The van der Waals surface area contributed by atoms with Crippen LogP contribution in [0.4, 0.5) is 10.1 Å². The number of thiazole rings is 1. The molecule has 0 atom stereocenters. The van der Waals surface area contributed by atoms with Crippen molar-refractivity contribution in [3.63, 3.8) is 0 Å². The van der Waals surface area contributed by atoms with Crippen molar-refractivity contribution >= 4 is 22.9 Å². The van der Waals surface area contributed by atoms with Gasteiger partial charge in [-0.25, -0.2) is 9.37 Å². The number of carbonyl (C=O) groups is 1. The second-order valence-electron chi connectivity index (χ2n) is 5.52. The van der Waals surface area contributed by atoms with Crippen LogP contribution < -0.4 is 14.8 Å². The van der Waals surface area contributed by atoms with E-state index in [0.29, 0.717) is 35.4 Å². The molecule has 0 aliphatic rings. The molecule has 0 saturated carbocycles. The lowest BCUT2D eigenvalue weighted by Gasteiger charge is -2.13. The van der Waals surface area contributed by atoms with Crippen molar-refractivity contribution in [2.24, 2.45) is 0 Å². The minimum Gasteiger partial charge on any atom is -0.494 e. The van der Waals surface area contributed by atoms with E-state index in [1.165, 1.54) is 23.5 Å². The van der Waals surface area contributed by atoms with Crippen LogP contribution in [0, 0.1) is 5.82 Å². The molecule has 1 amide bonds. The molecule has 1 aromatic heterocycles. The predicted molar refractivity (Wildman–Crippen MR) is 104 cm³/mol. The van der Waals surface area contributed by atoms with E-state index in [2.05, 4.69) is 10.3 Å². The molecule has 7 heteroatoms. The van der Waals surface area contributed by atoms with Gasteiger partial charge >= 0.3 is 0 Å². The van der Waals surface area contributed by atoms with E-state index in [9.17, 15) is 9.18 Å². The smallest absolute Gasteiger partial charge is 0.275 e. The van der Waals surface area contributed by atoms with Crippen molar-refractivity contribution < 1.29 is 18.7 Å². The van der Waals surface area contributed by atoms with Crippen molar-refractivity contribution in [1.29, 1.82) is 0 Å². The molecule has 140 valence electrons. The van der Waals surface area contributed by atoms with Gasteiger partial charge in [0, 0.05) is 17.0 Å². The fourth-order valence-electron chi connectivity index (χ4n) is 2.43. The van der Waals surface area contributed by atoms with E-state index in [1.807, 2.05) is 13.8 Å². The van der Waals surface area contributed by atoms with E-state index in [-0.39, 0.29) is 17.4 Å². The number of carbonyl (C=O) groups excluding carboxylic acids is 1. The van der Waals surface area contributed by atoms with Crippen LogP contribution in [0.15, 0.2) is 47.8 Å². The molecule has 0 radical (unpaired) electrons. The van der Waals surface area contributed by atoms with E-state index < -0.39 is 0 Å². The molecular formula is C20H19FN2O3S. The third kappa shape index (κ3) is 4.62. The van der Waals surface area contributed by atoms with Crippen molar-refractivity contribution in [2.75, 3.05) is 18.5 Å². The molecule has 3 aromatic rings. The van der Waals surface area contributed by atoms with Gasteiger partial charge < -0.3 is 14.8 Å². The van der Waals surface area contributed by atoms with Crippen molar-refractivity contribution in [1.82, 2.24) is 4.98 Å². The molecule has 0 aliphatic carbocycles. The number of benzene rings is 2. The second kappa shape index (κ2) is 8.64. The minimum absolute atomic E-state index is 0.281. The highest BCUT2D eigenvalue weighted by molar-refractivity contribution is 7.13. The highest BCUT2D eigenvalue weighted by Gasteiger charge is 2.15. The average molecular weight is 386 g/mol. The van der Waals surface area contributed by atoms with Crippen molar-refractivity contribution in [3.8, 4) is 22.1 Å². The molecule has 0 fully saturated rings. The van der Waals surface area contributed by atoms with Gasteiger partial charge in [0.05, 0.1) is 18.9 Å². The Hall–Kier alpha value is -2.93. The Balaban J connectivity index is 1.81. The van der Waals surface area contributed by atoms with Crippen LogP contribution in [0.1, 0.15) is 24.3 Å². The van der Waals surface area contributed by atoms with Crippen LogP contribution in [-0.2, 0) is 0 Å². The Kier molecular flexibility index (Phi) is 6.03. The second-order valence-corrected chi connectivity index (χ2v) is 6.38. The first-order valence-electron chi connectivity index (χ1n) is 8.53. The third-order valence-corrected chi connectivity index (χ3v) is 4.53. The first kappa shape index (κ1) is 18.8. The SMILES string of the molecule is CCOc1ccc(OCC)c(NC(=O)c2csc(-c3ccc(F)cc3)n2)c1. The number of ether oxygens (including phenoxy) is 2. The molecule has 3 rings (SSSR count). The van der Waals surface area contributed by atoms with Gasteiger partial charge in [-0.1, -0.05) is 0 Å². The molecule has 0 saturated heterocycles. The molecule has 2 aromatic carbocycles. The first-order valence-corrected chi connectivity index (χ1v) is 9.41. The maximum absolute atomic E-state index is 13.1. The summed E-state index contributed by atoms with van der Waals surface area (Å²) < 4.78 is 24.1. The third-order valence-electron chi connectivity index (χ3n) is 3.64. The number of nitrogens with one attached hydrogen (secondary N) is 1. The summed E-state index contributed by atoms with van der Waals surface area (Å²) >= 11 is 1.32. The number of hydrogen-bond acceptors (Lipinski definition) is 5. The monoisotopic (exact) mass is 386 g/mol. The zero-order valence-corrected chi connectivity index (χ0v) is 15.8. The van der Waals surface area contributed by atoms with E-state index in [1.54, 1.807) is 35.7 Å². The number of nitrogens with zero attached hydrogens (tertiary/aromatic N) is 1. The largest absolute Gasteiger partial charge is 0.494 e. The number of anilines is 1. The maximum Gasteiger partial charge on any atom is 0.275 e. The zero-order valence-electron chi connectivity index (χ0n) is 15.0. The van der Waals surface area contributed by atoms with Crippen LogP contribution in [0.2, 0.25) is 0 Å². The first-order chi connectivity index (χ1) is 13.1. The van der Waals surface area contributed by atoms with Gasteiger partial charge in [0.2, 0.25) is 0 Å². The summed E-state index contributed by atoms with van der Waals surface area (Å²) in [6.07, 6.45) is 0. The lowest BCUT2D eigenvalue weighted by atomic mass is 10.2. The standard InChI is InChI=1S/C20H19FN2O3S/c1-3-25-15-9-10-18(26-4-2)16(11-15)22-19(24)17-12-27-20(23-17)13-5-7-14(21)8-6-13/h5-12H,3-4H2,1-2H3,(H,22,24). The van der Waals surface area contributed by atoms with Crippen LogP contribution in [0.3, 0.4) is 0 Å². The van der Waals surface area contributed by atoms with E-state index in [0.717, 1.165) is 5.56 Å². The fourth-order valence-corrected chi connectivity index (χ4v) is 3.24. The van der Waals surface area contributed by atoms with Crippen LogP contribution in [0.5, 0.6) is 11.5 Å². The number of amides is 1. The summed E-state index contributed by atoms with van der Waals surface area (Å²) in [4.78, 5) is 17.0. The van der Waals surface area contributed by atoms with E-state index in [4.69, 9.17) is 9.47 Å². The van der Waals surface area contributed by atoms with Crippen LogP contribution in [0.25, 0.3) is 10.6 Å². The van der Waals surface area contributed by atoms with Gasteiger partial charge in [-0.15, -0.1) is 11.3 Å². The highest BCUT2D eigenvalue weighted by Crippen LogP contribution is 2.30. The Morgan fingerprint density at radius 1 is 1.11 bits per heavy atom. The molecule has 1 N–H and O–H groups in total. The zero-order chi connectivity index (χ0) is 19.2. The van der Waals surface area contributed by atoms with Crippen molar-refractivity contribution in [2.45, 2.75) is 13.8 Å². The summed E-state index contributed by atoms with van der Waals surface area (Å²) in [5.41, 5.74) is 1.56. The van der Waals surface area contributed by atoms with Gasteiger partial charge in [0.25, 0.3) is 5.91 Å². The molecule has 1 heterocycles. The van der Waals surface area contributed by atoms with Gasteiger partial charge in [-0.2, -0.15) is 0 Å². The normalized spacial score (nSPS) is 10.5. The lowest BCUT2D eigenvalue weighted by molar-refractivity contribution is 0.102. The van der Waals surface area contributed by atoms with Gasteiger partial charge in [0.15, 0.2) is 0 Å². The maximum atomic E-state index is 13.1. The molecule has 27 heavy (non-hydrogen) atoms. The summed E-state index contributed by atoms with van der Waals surface area (Å²) in [5, 5.41) is 5.14. The Morgan fingerprint density at radius 2 is 1.85 bits per heavy atom. The number of rotatable bonds is 7. The number of aromatic nitrogens is 1. The number of hydrogen-bond donors (Lipinski definition) is 1. The topological polar surface area (TPSA) is 60.5 Å². The minimum atomic E-state index is -0.353. The lowest BCUT2D eigenvalue weighted by Crippen LogP contribution is -2.13. The average Bonchev–Trinajstić information content (AvgIpc) is 3.15. The van der Waals surface area contributed by atoms with Gasteiger partial charge in [-0.05, 0) is 50.2 Å². The van der Waals surface area contributed by atoms with Crippen LogP contribution in [-0.4, -0.2) is 24.1 Å². The molecule has 0 unspecified atom stereocenters. The summed E-state index contributed by atoms with van der Waals surface area (Å²) in [6.45, 7) is 4.76.